The molecule has 0 saturated carbocycles. The molecule has 0 unspecified atom stereocenters. The van der Waals surface area contributed by atoms with Gasteiger partial charge in [0.25, 0.3) is 0 Å². The van der Waals surface area contributed by atoms with E-state index in [2.05, 4.69) is 25.7 Å². The van der Waals surface area contributed by atoms with Gasteiger partial charge in [0.2, 0.25) is 0 Å². The van der Waals surface area contributed by atoms with Crippen molar-refractivity contribution in [1.82, 2.24) is 25.1 Å². The molecule has 6 nitrogen and oxygen atoms in total. The van der Waals surface area contributed by atoms with Crippen LogP contribution in [0.5, 0.6) is 0 Å². The van der Waals surface area contributed by atoms with E-state index in [4.69, 9.17) is 11.6 Å². The number of nitrogens with one attached hydrogen (secondary N) is 2. The number of benzene rings is 1. The summed E-state index contributed by atoms with van der Waals surface area (Å²) in [6.07, 6.45) is 5.58. The highest BCUT2D eigenvalue weighted by molar-refractivity contribution is 6.30. The van der Waals surface area contributed by atoms with Crippen LogP contribution in [0.3, 0.4) is 0 Å². The summed E-state index contributed by atoms with van der Waals surface area (Å²) in [5.41, 5.74) is 2.93. The van der Waals surface area contributed by atoms with Gasteiger partial charge < -0.3 is 10.6 Å². The molecule has 1 aliphatic rings. The van der Waals surface area contributed by atoms with Crippen molar-refractivity contribution in [3.05, 3.63) is 41.3 Å². The van der Waals surface area contributed by atoms with Crippen molar-refractivity contribution < 1.29 is 0 Å². The molecule has 1 saturated heterocycles. The van der Waals surface area contributed by atoms with Crippen LogP contribution in [-0.4, -0.2) is 32.8 Å². The van der Waals surface area contributed by atoms with E-state index in [0.717, 1.165) is 59.1 Å². The zero-order chi connectivity index (χ0) is 16.5. The molecule has 3 aromatic rings. The molecule has 4 rings (SSSR count). The second-order valence-corrected chi connectivity index (χ2v) is 6.55. The summed E-state index contributed by atoms with van der Waals surface area (Å²) in [5.74, 6) is 0.769. The number of hydrogen-bond acceptors (Lipinski definition) is 5. The number of piperidine rings is 1. The van der Waals surface area contributed by atoms with E-state index in [0.29, 0.717) is 6.04 Å². The maximum absolute atomic E-state index is 6.03. The van der Waals surface area contributed by atoms with E-state index in [1.54, 1.807) is 6.33 Å². The summed E-state index contributed by atoms with van der Waals surface area (Å²) < 4.78 is 2.04. The number of nitrogens with zero attached hydrogens (tertiary/aromatic N) is 4. The molecule has 0 aliphatic carbocycles. The second-order valence-electron chi connectivity index (χ2n) is 6.11. The molecular formula is C17H19ClN6. The second kappa shape index (κ2) is 6.37. The largest absolute Gasteiger partial charge is 0.339 e. The number of halogens is 1. The van der Waals surface area contributed by atoms with Gasteiger partial charge in [0, 0.05) is 10.7 Å². The van der Waals surface area contributed by atoms with E-state index >= 15 is 0 Å². The highest BCUT2D eigenvalue weighted by Crippen LogP contribution is 2.29. The van der Waals surface area contributed by atoms with Crippen LogP contribution < -0.4 is 10.6 Å². The Labute approximate surface area is 145 Å². The van der Waals surface area contributed by atoms with Gasteiger partial charge in [-0.3, -0.25) is 0 Å². The summed E-state index contributed by atoms with van der Waals surface area (Å²) in [6.45, 7) is 4.06. The molecule has 0 atom stereocenters. The van der Waals surface area contributed by atoms with E-state index in [1.165, 1.54) is 0 Å². The van der Waals surface area contributed by atoms with Gasteiger partial charge in [-0.15, -0.1) is 0 Å². The van der Waals surface area contributed by atoms with Gasteiger partial charge in [-0.25, -0.2) is 14.6 Å². The lowest BCUT2D eigenvalue weighted by Crippen LogP contribution is -2.29. The van der Waals surface area contributed by atoms with E-state index in [9.17, 15) is 0 Å². The molecule has 24 heavy (non-hydrogen) atoms. The Bertz CT molecular complexity index is 869. The van der Waals surface area contributed by atoms with Gasteiger partial charge in [-0.1, -0.05) is 11.6 Å². The number of anilines is 2. The van der Waals surface area contributed by atoms with E-state index in [1.807, 2.05) is 36.0 Å². The van der Waals surface area contributed by atoms with Crippen molar-refractivity contribution >= 4 is 34.1 Å². The zero-order valence-electron chi connectivity index (χ0n) is 13.5. The maximum Gasteiger partial charge on any atom is 0.163 e. The molecular weight excluding hydrogens is 324 g/mol. The van der Waals surface area contributed by atoms with Crippen LogP contribution >= 0.6 is 11.6 Å². The Kier molecular flexibility index (Phi) is 4.08. The van der Waals surface area contributed by atoms with Crippen LogP contribution in [0, 0.1) is 6.92 Å². The predicted octanol–water partition coefficient (Wildman–Crippen LogP) is 3.46. The average molecular weight is 343 g/mol. The molecule has 7 heteroatoms. The van der Waals surface area contributed by atoms with Gasteiger partial charge in [0.05, 0.1) is 17.6 Å². The third-order valence-corrected chi connectivity index (χ3v) is 4.72. The quantitative estimate of drug-likeness (QED) is 0.763. The first kappa shape index (κ1) is 15.4. The Morgan fingerprint density at radius 3 is 2.88 bits per heavy atom. The van der Waals surface area contributed by atoms with E-state index < -0.39 is 0 Å². The molecule has 1 fully saturated rings. The van der Waals surface area contributed by atoms with Crippen LogP contribution in [-0.2, 0) is 0 Å². The standard InChI is InChI=1S/C17H19ClN6/c1-11-8-12(18)2-3-15(11)23-16-14-9-22-24(17(14)21-10-20-16)13-4-6-19-7-5-13/h2-3,8-10,13,19H,4-7H2,1H3,(H,20,21,23). The highest BCUT2D eigenvalue weighted by atomic mass is 35.5. The zero-order valence-corrected chi connectivity index (χ0v) is 14.2. The number of hydrogen-bond donors (Lipinski definition) is 2. The third-order valence-electron chi connectivity index (χ3n) is 4.49. The fourth-order valence-corrected chi connectivity index (χ4v) is 3.40. The summed E-state index contributed by atoms with van der Waals surface area (Å²) in [7, 11) is 0. The fourth-order valence-electron chi connectivity index (χ4n) is 3.18. The number of aryl methyl sites for hydroxylation is 1. The van der Waals surface area contributed by atoms with Gasteiger partial charge >= 0.3 is 0 Å². The lowest BCUT2D eigenvalue weighted by molar-refractivity contribution is 0.349. The molecule has 1 aliphatic heterocycles. The predicted molar refractivity (Wildman–Crippen MR) is 95.9 cm³/mol. The van der Waals surface area contributed by atoms with Crippen LogP contribution in [0.15, 0.2) is 30.7 Å². The van der Waals surface area contributed by atoms with Crippen LogP contribution in [0.25, 0.3) is 11.0 Å². The van der Waals surface area contributed by atoms with Crippen molar-refractivity contribution in [3.8, 4) is 0 Å². The van der Waals surface area contributed by atoms with Crippen molar-refractivity contribution in [2.75, 3.05) is 18.4 Å². The van der Waals surface area contributed by atoms with Crippen LogP contribution in [0.1, 0.15) is 24.4 Å². The number of fused-ring (bicyclic) bond motifs is 1. The summed E-state index contributed by atoms with van der Waals surface area (Å²) >= 11 is 6.03. The van der Waals surface area contributed by atoms with Crippen molar-refractivity contribution in [2.45, 2.75) is 25.8 Å². The lowest BCUT2D eigenvalue weighted by atomic mass is 10.1. The van der Waals surface area contributed by atoms with Gasteiger partial charge in [0.15, 0.2) is 5.65 Å². The molecule has 0 radical (unpaired) electrons. The highest BCUT2D eigenvalue weighted by Gasteiger charge is 2.19. The molecule has 2 N–H and O–H groups in total. The average Bonchev–Trinajstić information content (AvgIpc) is 3.03. The Morgan fingerprint density at radius 2 is 2.08 bits per heavy atom. The number of rotatable bonds is 3. The smallest absolute Gasteiger partial charge is 0.163 e. The summed E-state index contributed by atoms with van der Waals surface area (Å²) in [5, 5.41) is 13.0. The van der Waals surface area contributed by atoms with E-state index in [-0.39, 0.29) is 0 Å². The molecule has 3 heterocycles. The topological polar surface area (TPSA) is 67.7 Å². The van der Waals surface area contributed by atoms with Crippen LogP contribution in [0.4, 0.5) is 11.5 Å². The SMILES string of the molecule is Cc1cc(Cl)ccc1Nc1ncnc2c1cnn2C1CCNCC1. The number of aromatic nitrogens is 4. The molecule has 2 aromatic heterocycles. The Hall–Kier alpha value is -2.18. The molecule has 1 aromatic carbocycles. The normalized spacial score (nSPS) is 15.8. The van der Waals surface area contributed by atoms with Crippen LogP contribution in [0.2, 0.25) is 5.02 Å². The Balaban J connectivity index is 1.70. The molecule has 0 spiro atoms. The van der Waals surface area contributed by atoms with Gasteiger partial charge in [0.1, 0.15) is 12.1 Å². The maximum atomic E-state index is 6.03. The minimum absolute atomic E-state index is 0.392. The first-order chi connectivity index (χ1) is 11.7. The van der Waals surface area contributed by atoms with Crippen molar-refractivity contribution in [2.24, 2.45) is 0 Å². The first-order valence-corrected chi connectivity index (χ1v) is 8.52. The minimum atomic E-state index is 0.392. The molecule has 0 amide bonds. The van der Waals surface area contributed by atoms with Gasteiger partial charge in [-0.05, 0) is 56.6 Å². The van der Waals surface area contributed by atoms with Crippen molar-refractivity contribution in [1.29, 1.82) is 0 Å². The minimum Gasteiger partial charge on any atom is -0.339 e. The Morgan fingerprint density at radius 1 is 1.25 bits per heavy atom. The lowest BCUT2D eigenvalue weighted by Gasteiger charge is -2.23. The first-order valence-electron chi connectivity index (χ1n) is 8.14. The summed E-state index contributed by atoms with van der Waals surface area (Å²) in [6, 6.07) is 6.15. The van der Waals surface area contributed by atoms with Gasteiger partial charge in [-0.2, -0.15) is 5.10 Å². The molecule has 124 valence electrons. The van der Waals surface area contributed by atoms with Crippen molar-refractivity contribution in [3.63, 3.8) is 0 Å². The fraction of sp³-hybridized carbons (Fsp3) is 0.353. The monoisotopic (exact) mass is 342 g/mol. The summed E-state index contributed by atoms with van der Waals surface area (Å²) in [4.78, 5) is 8.87. The third kappa shape index (κ3) is 2.83. The molecule has 0 bridgehead atoms.